The molecule has 3 aromatic rings. The third-order valence-electron chi connectivity index (χ3n) is 2.98. The molecule has 8 heteroatoms. The molecule has 0 bridgehead atoms. The average molecular weight is 352 g/mol. The Kier molecular flexibility index (Phi) is 3.22. The topological polar surface area (TPSA) is 76.2 Å². The molecular formula is C13H11BrFN5O. The predicted octanol–water partition coefficient (Wildman–Crippen LogP) is 2.32. The second kappa shape index (κ2) is 4.81. The highest BCUT2D eigenvalue weighted by atomic mass is 79.9. The van der Waals surface area contributed by atoms with E-state index < -0.39 is 11.4 Å². The van der Waals surface area contributed by atoms with E-state index in [2.05, 4.69) is 35.9 Å². The lowest BCUT2D eigenvalue weighted by atomic mass is 10.1. The summed E-state index contributed by atoms with van der Waals surface area (Å²) in [5, 5.41) is 10.0. The number of fused-ring (bicyclic) bond motifs is 1. The van der Waals surface area contributed by atoms with Gasteiger partial charge in [0.1, 0.15) is 11.3 Å². The van der Waals surface area contributed by atoms with Crippen molar-refractivity contribution in [1.82, 2.24) is 24.3 Å². The third kappa shape index (κ3) is 2.52. The van der Waals surface area contributed by atoms with Crippen LogP contribution >= 0.6 is 15.9 Å². The first-order valence-corrected chi connectivity index (χ1v) is 6.90. The third-order valence-corrected chi connectivity index (χ3v) is 3.36. The highest BCUT2D eigenvalue weighted by molar-refractivity contribution is 9.10. The fourth-order valence-electron chi connectivity index (χ4n) is 1.91. The monoisotopic (exact) mass is 351 g/mol. The largest absolute Gasteiger partial charge is 0.384 e. The predicted molar refractivity (Wildman–Crippen MR) is 76.9 cm³/mol. The number of halogens is 2. The van der Waals surface area contributed by atoms with Gasteiger partial charge in [-0.2, -0.15) is 0 Å². The molecule has 0 atom stereocenters. The lowest BCUT2D eigenvalue weighted by molar-refractivity contribution is 0.0734. The number of rotatable bonds is 2. The van der Waals surface area contributed by atoms with Gasteiger partial charge < -0.3 is 5.11 Å². The maximum atomic E-state index is 13.9. The van der Waals surface area contributed by atoms with E-state index in [0.29, 0.717) is 17.0 Å². The average Bonchev–Trinajstić information content (AvgIpc) is 2.83. The Morgan fingerprint density at radius 1 is 1.19 bits per heavy atom. The number of aromatic nitrogens is 5. The second-order valence-corrected chi connectivity index (χ2v) is 5.75. The van der Waals surface area contributed by atoms with Crippen LogP contribution in [-0.2, 0) is 5.60 Å². The van der Waals surface area contributed by atoms with E-state index in [-0.39, 0.29) is 10.4 Å². The van der Waals surface area contributed by atoms with Crippen LogP contribution in [0, 0.1) is 5.82 Å². The van der Waals surface area contributed by atoms with Crippen LogP contribution in [0.15, 0.2) is 29.5 Å². The van der Waals surface area contributed by atoms with Gasteiger partial charge >= 0.3 is 0 Å². The van der Waals surface area contributed by atoms with Gasteiger partial charge in [-0.15, -0.1) is 0 Å². The molecule has 3 heterocycles. The van der Waals surface area contributed by atoms with Gasteiger partial charge in [-0.05, 0) is 29.8 Å². The Bertz CT molecular complexity index is 827. The summed E-state index contributed by atoms with van der Waals surface area (Å²) in [6.07, 6.45) is 5.73. The number of hydrogen-bond donors (Lipinski definition) is 1. The number of aliphatic hydroxyl groups is 1. The van der Waals surface area contributed by atoms with Crippen molar-refractivity contribution in [2.75, 3.05) is 0 Å². The molecule has 21 heavy (non-hydrogen) atoms. The minimum atomic E-state index is -1.11. The summed E-state index contributed by atoms with van der Waals surface area (Å²) in [5.41, 5.74) is 0.450. The van der Waals surface area contributed by atoms with Crippen LogP contribution in [0.25, 0.3) is 17.0 Å². The van der Waals surface area contributed by atoms with Gasteiger partial charge in [0, 0.05) is 6.20 Å². The zero-order valence-electron chi connectivity index (χ0n) is 11.2. The van der Waals surface area contributed by atoms with Crippen molar-refractivity contribution < 1.29 is 9.50 Å². The van der Waals surface area contributed by atoms with E-state index in [0.717, 1.165) is 6.20 Å². The lowest BCUT2D eigenvalue weighted by Gasteiger charge is -2.16. The highest BCUT2D eigenvalue weighted by Crippen LogP contribution is 2.24. The molecule has 0 spiro atoms. The SMILES string of the molecule is CC(C)(O)c1cn2c(-c3nc(Br)ncc3F)cnc2cn1. The summed E-state index contributed by atoms with van der Waals surface area (Å²) in [6.45, 7) is 3.25. The maximum absolute atomic E-state index is 13.9. The van der Waals surface area contributed by atoms with Gasteiger partial charge in [0.15, 0.2) is 16.2 Å². The van der Waals surface area contributed by atoms with E-state index >= 15 is 0 Å². The van der Waals surface area contributed by atoms with Crippen LogP contribution in [0.3, 0.4) is 0 Å². The molecule has 0 amide bonds. The fraction of sp³-hybridized carbons (Fsp3) is 0.231. The molecule has 0 saturated carbocycles. The summed E-state index contributed by atoms with van der Waals surface area (Å²) in [6, 6.07) is 0. The minimum Gasteiger partial charge on any atom is -0.384 e. The molecule has 0 radical (unpaired) electrons. The molecule has 0 saturated heterocycles. The molecule has 0 aromatic carbocycles. The first-order valence-electron chi connectivity index (χ1n) is 6.10. The summed E-state index contributed by atoms with van der Waals surface area (Å²) in [7, 11) is 0. The van der Waals surface area contributed by atoms with Crippen molar-refractivity contribution in [2.45, 2.75) is 19.4 Å². The second-order valence-electron chi connectivity index (χ2n) is 5.04. The smallest absolute Gasteiger partial charge is 0.197 e. The van der Waals surface area contributed by atoms with Crippen molar-refractivity contribution in [3.8, 4) is 11.4 Å². The van der Waals surface area contributed by atoms with Crippen LogP contribution in [0.4, 0.5) is 4.39 Å². The molecular weight excluding hydrogens is 341 g/mol. The molecule has 0 aliphatic heterocycles. The maximum Gasteiger partial charge on any atom is 0.197 e. The van der Waals surface area contributed by atoms with E-state index in [9.17, 15) is 9.50 Å². The molecule has 6 nitrogen and oxygen atoms in total. The Balaban J connectivity index is 2.26. The standard InChI is InChI=1S/C13H11BrFN5O/c1-13(2,21)9-6-20-8(4-17-10(20)5-16-9)11-7(15)3-18-12(14)19-11/h3-6,21H,1-2H3. The first-order chi connectivity index (χ1) is 9.86. The van der Waals surface area contributed by atoms with Gasteiger partial charge in [-0.25, -0.2) is 19.3 Å². The molecule has 3 rings (SSSR count). The molecule has 3 aromatic heterocycles. The number of nitrogens with zero attached hydrogens (tertiary/aromatic N) is 5. The lowest BCUT2D eigenvalue weighted by Crippen LogP contribution is -2.18. The van der Waals surface area contributed by atoms with Crippen molar-refractivity contribution in [3.63, 3.8) is 0 Å². The highest BCUT2D eigenvalue weighted by Gasteiger charge is 2.20. The Labute approximate surface area is 127 Å². The minimum absolute atomic E-state index is 0.122. The van der Waals surface area contributed by atoms with Gasteiger partial charge in [-0.1, -0.05) is 0 Å². The van der Waals surface area contributed by atoms with Crippen LogP contribution < -0.4 is 0 Å². The molecule has 0 fully saturated rings. The van der Waals surface area contributed by atoms with Crippen LogP contribution in [0.5, 0.6) is 0 Å². The Morgan fingerprint density at radius 3 is 2.67 bits per heavy atom. The van der Waals surface area contributed by atoms with Crippen molar-refractivity contribution >= 4 is 21.6 Å². The summed E-state index contributed by atoms with van der Waals surface area (Å²) >= 11 is 3.12. The van der Waals surface area contributed by atoms with Crippen LogP contribution in [0.2, 0.25) is 0 Å². The van der Waals surface area contributed by atoms with Crippen molar-refractivity contribution in [2.24, 2.45) is 0 Å². The Hall–Kier alpha value is -1.93. The molecule has 0 unspecified atom stereocenters. The van der Waals surface area contributed by atoms with Crippen molar-refractivity contribution in [3.05, 3.63) is 41.0 Å². The molecule has 1 N–H and O–H groups in total. The van der Waals surface area contributed by atoms with Crippen LogP contribution in [0.1, 0.15) is 19.5 Å². The van der Waals surface area contributed by atoms with E-state index in [1.54, 1.807) is 24.4 Å². The van der Waals surface area contributed by atoms with Gasteiger partial charge in [-0.3, -0.25) is 9.38 Å². The summed E-state index contributed by atoms with van der Waals surface area (Å²) < 4.78 is 15.9. The van der Waals surface area contributed by atoms with Gasteiger partial charge in [0.25, 0.3) is 0 Å². The van der Waals surface area contributed by atoms with E-state index in [4.69, 9.17) is 0 Å². The summed E-state index contributed by atoms with van der Waals surface area (Å²) in [4.78, 5) is 16.1. The Morgan fingerprint density at radius 2 is 1.95 bits per heavy atom. The number of imidazole rings is 1. The fourth-order valence-corrected chi connectivity index (χ4v) is 2.19. The van der Waals surface area contributed by atoms with E-state index in [1.165, 1.54) is 12.4 Å². The normalized spacial score (nSPS) is 12.0. The molecule has 108 valence electrons. The molecule has 0 aliphatic carbocycles. The first kappa shape index (κ1) is 14.0. The van der Waals surface area contributed by atoms with Gasteiger partial charge in [0.2, 0.25) is 0 Å². The number of hydrogen-bond acceptors (Lipinski definition) is 5. The van der Waals surface area contributed by atoms with Crippen LogP contribution in [-0.4, -0.2) is 29.4 Å². The van der Waals surface area contributed by atoms with E-state index in [1.807, 2.05) is 0 Å². The summed E-state index contributed by atoms with van der Waals surface area (Å²) in [5.74, 6) is -0.554. The zero-order chi connectivity index (χ0) is 15.2. The zero-order valence-corrected chi connectivity index (χ0v) is 12.8. The molecule has 0 aliphatic rings. The van der Waals surface area contributed by atoms with Crippen molar-refractivity contribution in [1.29, 1.82) is 0 Å². The van der Waals surface area contributed by atoms with Gasteiger partial charge in [0.05, 0.1) is 30.0 Å². The quantitative estimate of drug-likeness (QED) is 0.717.